The molecule has 6 heteroatoms. The number of hydrogen-bond acceptors (Lipinski definition) is 3. The third-order valence-corrected chi connectivity index (χ3v) is 2.53. The van der Waals surface area contributed by atoms with Gasteiger partial charge < -0.3 is 10.0 Å². The highest BCUT2D eigenvalue weighted by atomic mass is 35.5. The van der Waals surface area contributed by atoms with Crippen LogP contribution in [-0.4, -0.2) is 23.4 Å². The van der Waals surface area contributed by atoms with Gasteiger partial charge in [-0.15, -0.1) is 11.8 Å². The molecule has 0 radical (unpaired) electrons. The molecule has 2 N–H and O–H groups in total. The first-order valence-electron chi connectivity index (χ1n) is 3.45. The van der Waals surface area contributed by atoms with E-state index in [4.69, 9.17) is 21.6 Å². The zero-order valence-electron chi connectivity index (χ0n) is 6.79. The normalized spacial score (nSPS) is 10.2. The van der Waals surface area contributed by atoms with Crippen LogP contribution in [-0.2, 0) is 0 Å². The van der Waals surface area contributed by atoms with Gasteiger partial charge in [-0.3, -0.25) is 0 Å². The van der Waals surface area contributed by atoms with Gasteiger partial charge in [-0.25, -0.2) is 4.39 Å². The third-order valence-electron chi connectivity index (χ3n) is 1.54. The molecule has 1 aromatic carbocycles. The maximum absolute atomic E-state index is 13.1. The Hall–Kier alpha value is -0.225. The van der Waals surface area contributed by atoms with E-state index in [-0.39, 0.29) is 10.5 Å². The lowest BCUT2D eigenvalue weighted by atomic mass is 9.80. The summed E-state index contributed by atoms with van der Waals surface area (Å²) < 4.78 is 13.1. The molecule has 0 spiro atoms. The van der Waals surface area contributed by atoms with E-state index in [9.17, 15) is 4.39 Å². The first kappa shape index (κ1) is 10.9. The number of rotatable bonds is 2. The molecule has 1 rings (SSSR count). The van der Waals surface area contributed by atoms with Crippen LogP contribution in [0.25, 0.3) is 0 Å². The molecule has 70 valence electrons. The summed E-state index contributed by atoms with van der Waals surface area (Å²) in [5, 5.41) is 17.5. The Balaban J connectivity index is 3.25. The first-order chi connectivity index (χ1) is 6.06. The van der Waals surface area contributed by atoms with E-state index in [1.165, 1.54) is 23.9 Å². The van der Waals surface area contributed by atoms with Crippen LogP contribution in [0.4, 0.5) is 4.39 Å². The van der Waals surface area contributed by atoms with Gasteiger partial charge >= 0.3 is 7.12 Å². The SMILES string of the molecule is CSc1cc(Cl)c(F)c(B(O)O)c1. The highest BCUT2D eigenvalue weighted by Gasteiger charge is 2.19. The fraction of sp³-hybridized carbons (Fsp3) is 0.143. The zero-order valence-corrected chi connectivity index (χ0v) is 8.36. The van der Waals surface area contributed by atoms with E-state index in [1.54, 1.807) is 6.26 Å². The fourth-order valence-corrected chi connectivity index (χ4v) is 1.66. The Morgan fingerprint density at radius 3 is 2.54 bits per heavy atom. The van der Waals surface area contributed by atoms with Crippen molar-refractivity contribution in [2.45, 2.75) is 4.90 Å². The molecule has 0 saturated carbocycles. The minimum absolute atomic E-state index is 0.102. The molecule has 2 nitrogen and oxygen atoms in total. The quantitative estimate of drug-likeness (QED) is 0.574. The predicted molar refractivity (Wildman–Crippen MR) is 53.0 cm³/mol. The van der Waals surface area contributed by atoms with Crippen LogP contribution in [0.1, 0.15) is 0 Å². The zero-order chi connectivity index (χ0) is 10.0. The average Bonchev–Trinajstić information content (AvgIpc) is 2.09. The van der Waals surface area contributed by atoms with Crippen molar-refractivity contribution in [2.75, 3.05) is 6.26 Å². The standard InChI is InChI=1S/C7H7BClFO2S/c1-13-4-2-5(8(11)12)7(10)6(9)3-4/h2-3,11-12H,1H3. The van der Waals surface area contributed by atoms with Crippen molar-refractivity contribution in [3.8, 4) is 0 Å². The van der Waals surface area contributed by atoms with E-state index in [1.807, 2.05) is 0 Å². The molecule has 0 aromatic heterocycles. The van der Waals surface area contributed by atoms with Crippen LogP contribution in [0.15, 0.2) is 17.0 Å². The smallest absolute Gasteiger partial charge is 0.423 e. The van der Waals surface area contributed by atoms with Crippen LogP contribution < -0.4 is 5.46 Å². The van der Waals surface area contributed by atoms with Gasteiger partial charge in [0.1, 0.15) is 5.82 Å². The number of hydrogen-bond donors (Lipinski definition) is 2. The lowest BCUT2D eigenvalue weighted by Crippen LogP contribution is -2.33. The summed E-state index contributed by atoms with van der Waals surface area (Å²) in [4.78, 5) is 0.689. The lowest BCUT2D eigenvalue weighted by molar-refractivity contribution is 0.423. The molecule has 0 aliphatic carbocycles. The molecular formula is C7H7BClFO2S. The Labute approximate surface area is 84.9 Å². The van der Waals surface area contributed by atoms with Crippen LogP contribution in [0.2, 0.25) is 5.02 Å². The van der Waals surface area contributed by atoms with E-state index < -0.39 is 12.9 Å². The van der Waals surface area contributed by atoms with Crippen molar-refractivity contribution >= 4 is 35.9 Å². The third kappa shape index (κ3) is 2.37. The first-order valence-corrected chi connectivity index (χ1v) is 5.05. The van der Waals surface area contributed by atoms with Crippen LogP contribution in [0.5, 0.6) is 0 Å². The largest absolute Gasteiger partial charge is 0.491 e. The molecule has 13 heavy (non-hydrogen) atoms. The minimum Gasteiger partial charge on any atom is -0.423 e. The molecule has 0 amide bonds. The van der Waals surface area contributed by atoms with Crippen molar-refractivity contribution in [2.24, 2.45) is 0 Å². The van der Waals surface area contributed by atoms with Crippen molar-refractivity contribution in [3.63, 3.8) is 0 Å². The van der Waals surface area contributed by atoms with Crippen LogP contribution >= 0.6 is 23.4 Å². The van der Waals surface area contributed by atoms with Crippen LogP contribution in [0.3, 0.4) is 0 Å². The second-order valence-electron chi connectivity index (χ2n) is 2.39. The second kappa shape index (κ2) is 4.33. The molecule has 0 bridgehead atoms. The van der Waals surface area contributed by atoms with Crippen LogP contribution in [0, 0.1) is 5.82 Å². The molecule has 0 aliphatic rings. The summed E-state index contributed by atoms with van der Waals surface area (Å²) in [6, 6.07) is 2.80. The van der Waals surface area contributed by atoms with E-state index in [0.29, 0.717) is 4.90 Å². The fourth-order valence-electron chi connectivity index (χ4n) is 0.890. The van der Waals surface area contributed by atoms with Crippen molar-refractivity contribution in [3.05, 3.63) is 23.0 Å². The van der Waals surface area contributed by atoms with Gasteiger partial charge in [-0.1, -0.05) is 11.6 Å². The van der Waals surface area contributed by atoms with Gasteiger partial charge in [0.05, 0.1) is 5.02 Å². The van der Waals surface area contributed by atoms with Crippen molar-refractivity contribution in [1.29, 1.82) is 0 Å². The van der Waals surface area contributed by atoms with Gasteiger partial charge in [0.2, 0.25) is 0 Å². The van der Waals surface area contributed by atoms with Gasteiger partial charge in [0.15, 0.2) is 0 Å². The molecule has 0 fully saturated rings. The molecule has 0 saturated heterocycles. The predicted octanol–water partition coefficient (Wildman–Crippen LogP) is 0.881. The summed E-state index contributed by atoms with van der Waals surface area (Å²) >= 11 is 6.88. The summed E-state index contributed by atoms with van der Waals surface area (Å²) in [6.45, 7) is 0. The summed E-state index contributed by atoms with van der Waals surface area (Å²) in [5.41, 5.74) is -0.197. The molecule has 0 aliphatic heterocycles. The van der Waals surface area contributed by atoms with E-state index in [2.05, 4.69) is 0 Å². The molecular weight excluding hydrogens is 213 g/mol. The topological polar surface area (TPSA) is 40.5 Å². The van der Waals surface area contributed by atoms with Gasteiger partial charge in [0, 0.05) is 10.4 Å². The Kier molecular flexibility index (Phi) is 3.61. The Morgan fingerprint density at radius 2 is 2.08 bits per heavy atom. The van der Waals surface area contributed by atoms with E-state index >= 15 is 0 Å². The summed E-state index contributed by atoms with van der Waals surface area (Å²) in [6.07, 6.45) is 1.79. The minimum atomic E-state index is -1.83. The number of halogens is 2. The highest BCUT2D eigenvalue weighted by Crippen LogP contribution is 2.21. The Bertz CT molecular complexity index is 322. The van der Waals surface area contributed by atoms with Crippen molar-refractivity contribution < 1.29 is 14.4 Å². The Morgan fingerprint density at radius 1 is 1.46 bits per heavy atom. The molecule has 0 atom stereocenters. The second-order valence-corrected chi connectivity index (χ2v) is 3.67. The number of thioether (sulfide) groups is 1. The van der Waals surface area contributed by atoms with Gasteiger partial charge in [-0.2, -0.15) is 0 Å². The average molecular weight is 220 g/mol. The van der Waals surface area contributed by atoms with Gasteiger partial charge in [-0.05, 0) is 18.4 Å². The molecule has 0 unspecified atom stereocenters. The summed E-state index contributed by atoms with van der Waals surface area (Å²) in [7, 11) is -1.83. The molecule has 0 heterocycles. The number of benzene rings is 1. The van der Waals surface area contributed by atoms with Crippen molar-refractivity contribution in [1.82, 2.24) is 0 Å². The maximum Gasteiger partial charge on any atom is 0.491 e. The monoisotopic (exact) mass is 220 g/mol. The summed E-state index contributed by atoms with van der Waals surface area (Å²) in [5.74, 6) is -0.783. The molecule has 1 aromatic rings. The highest BCUT2D eigenvalue weighted by molar-refractivity contribution is 7.98. The van der Waals surface area contributed by atoms with E-state index in [0.717, 1.165) is 0 Å². The lowest BCUT2D eigenvalue weighted by Gasteiger charge is -2.05. The van der Waals surface area contributed by atoms with Gasteiger partial charge in [0.25, 0.3) is 0 Å². The maximum atomic E-state index is 13.1.